The van der Waals surface area contributed by atoms with Crippen molar-refractivity contribution in [3.63, 3.8) is 0 Å². The number of pyridine rings is 1. The van der Waals surface area contributed by atoms with Crippen LogP contribution in [0.25, 0.3) is 0 Å². The number of rotatable bonds is 4. The van der Waals surface area contributed by atoms with E-state index >= 15 is 0 Å². The summed E-state index contributed by atoms with van der Waals surface area (Å²) in [6, 6.07) is 3.69. The van der Waals surface area contributed by atoms with E-state index in [0.717, 1.165) is 24.8 Å². The van der Waals surface area contributed by atoms with Crippen molar-refractivity contribution in [2.75, 3.05) is 18.0 Å². The average molecular weight is 406 g/mol. The van der Waals surface area contributed by atoms with Crippen LogP contribution in [-0.2, 0) is 9.47 Å². The van der Waals surface area contributed by atoms with E-state index in [1.807, 2.05) is 60.6 Å². The van der Waals surface area contributed by atoms with Crippen molar-refractivity contribution in [3.8, 4) is 0 Å². The van der Waals surface area contributed by atoms with Gasteiger partial charge >= 0.3 is 12.2 Å². The van der Waals surface area contributed by atoms with Crippen LogP contribution in [0.1, 0.15) is 79.3 Å². The molecule has 7 heteroatoms. The van der Waals surface area contributed by atoms with Gasteiger partial charge in [0.1, 0.15) is 17.0 Å². The molecule has 1 aliphatic heterocycles. The van der Waals surface area contributed by atoms with Crippen molar-refractivity contribution < 1.29 is 19.1 Å². The molecule has 0 aliphatic carbocycles. The summed E-state index contributed by atoms with van der Waals surface area (Å²) in [5.74, 6) is 0.548. The third-order valence-corrected chi connectivity index (χ3v) is 4.37. The summed E-state index contributed by atoms with van der Waals surface area (Å²) in [7, 11) is 0. The van der Waals surface area contributed by atoms with E-state index < -0.39 is 17.3 Å². The zero-order valence-electron chi connectivity index (χ0n) is 18.8. The molecular weight excluding hydrogens is 370 g/mol. The number of amides is 2. The predicted molar refractivity (Wildman–Crippen MR) is 113 cm³/mol. The number of carbonyl (C=O) groups excluding carboxylic acids is 2. The number of nitrogens with zero attached hydrogens (tertiary/aromatic N) is 3. The third kappa shape index (κ3) is 6.61. The molecule has 1 atom stereocenters. The fourth-order valence-corrected chi connectivity index (χ4v) is 3.25. The Morgan fingerprint density at radius 2 is 1.79 bits per heavy atom. The topological polar surface area (TPSA) is 72.0 Å². The Bertz CT molecular complexity index is 704. The van der Waals surface area contributed by atoms with Crippen LogP contribution in [0.3, 0.4) is 0 Å². The Hall–Kier alpha value is -2.31. The van der Waals surface area contributed by atoms with E-state index in [4.69, 9.17) is 9.47 Å². The first kappa shape index (κ1) is 23.0. The molecule has 2 rings (SSSR count). The van der Waals surface area contributed by atoms with Crippen molar-refractivity contribution >= 4 is 18.0 Å². The van der Waals surface area contributed by atoms with Crippen LogP contribution in [-0.4, -0.2) is 46.4 Å². The Kier molecular flexibility index (Phi) is 7.14. The van der Waals surface area contributed by atoms with E-state index in [9.17, 15) is 9.59 Å². The van der Waals surface area contributed by atoms with E-state index in [0.29, 0.717) is 18.9 Å². The first-order valence-corrected chi connectivity index (χ1v) is 10.4. The maximum atomic E-state index is 12.6. The van der Waals surface area contributed by atoms with Crippen LogP contribution in [0, 0.1) is 0 Å². The van der Waals surface area contributed by atoms with Crippen LogP contribution in [0.2, 0.25) is 0 Å². The minimum atomic E-state index is -0.569. The molecule has 0 unspecified atom stereocenters. The lowest BCUT2D eigenvalue weighted by Gasteiger charge is -2.29. The molecule has 2 heterocycles. The standard InChI is InChI=1S/C22H35N3O4/c1-8-13-25(20(27)29-22(5,6)7)18-12-11-16(15-23-18)17-10-9-14-24(17)19(26)28-21(2,3)4/h11-12,15,17H,8-10,13-14H2,1-7H3/t17-/m0/s1. The lowest BCUT2D eigenvalue weighted by Crippen LogP contribution is -2.38. The number of anilines is 1. The first-order chi connectivity index (χ1) is 13.4. The molecule has 2 amide bonds. The van der Waals surface area contributed by atoms with Crippen molar-refractivity contribution in [1.29, 1.82) is 0 Å². The maximum absolute atomic E-state index is 12.6. The molecule has 0 N–H and O–H groups in total. The van der Waals surface area contributed by atoms with Crippen LogP contribution < -0.4 is 4.90 Å². The molecule has 0 saturated carbocycles. The van der Waals surface area contributed by atoms with Gasteiger partial charge < -0.3 is 14.4 Å². The van der Waals surface area contributed by atoms with Gasteiger partial charge in [0.25, 0.3) is 0 Å². The van der Waals surface area contributed by atoms with Crippen LogP contribution >= 0.6 is 0 Å². The quantitative estimate of drug-likeness (QED) is 0.679. The van der Waals surface area contributed by atoms with Crippen molar-refractivity contribution in [2.24, 2.45) is 0 Å². The van der Waals surface area contributed by atoms with E-state index in [2.05, 4.69) is 4.98 Å². The van der Waals surface area contributed by atoms with Gasteiger partial charge in [0.15, 0.2) is 0 Å². The summed E-state index contributed by atoms with van der Waals surface area (Å²) in [6.07, 6.45) is 3.62. The highest BCUT2D eigenvalue weighted by Crippen LogP contribution is 2.33. The normalized spacial score (nSPS) is 17.2. The monoisotopic (exact) mass is 405 g/mol. The lowest BCUT2D eigenvalue weighted by molar-refractivity contribution is 0.0224. The predicted octanol–water partition coefficient (Wildman–Crippen LogP) is 5.31. The average Bonchev–Trinajstić information content (AvgIpc) is 3.06. The molecule has 1 fully saturated rings. The third-order valence-electron chi connectivity index (χ3n) is 4.37. The second-order valence-corrected chi connectivity index (χ2v) is 9.41. The summed E-state index contributed by atoms with van der Waals surface area (Å²) >= 11 is 0. The molecule has 7 nitrogen and oxygen atoms in total. The molecule has 0 aromatic carbocycles. The SMILES string of the molecule is CCCN(C(=O)OC(C)(C)C)c1ccc([C@@H]2CCCN2C(=O)OC(C)(C)C)cn1. The summed E-state index contributed by atoms with van der Waals surface area (Å²) in [4.78, 5) is 32.9. The fraction of sp³-hybridized carbons (Fsp3) is 0.682. The van der Waals surface area contributed by atoms with Crippen LogP contribution in [0.5, 0.6) is 0 Å². The highest BCUT2D eigenvalue weighted by atomic mass is 16.6. The van der Waals surface area contributed by atoms with Gasteiger partial charge in [-0.05, 0) is 72.4 Å². The molecule has 0 radical (unpaired) electrons. The Labute approximate surface area is 174 Å². The first-order valence-electron chi connectivity index (χ1n) is 10.4. The van der Waals surface area contributed by atoms with Crippen molar-refractivity contribution in [1.82, 2.24) is 9.88 Å². The summed E-state index contributed by atoms with van der Waals surface area (Å²) < 4.78 is 11.1. The van der Waals surface area contributed by atoms with Gasteiger partial charge in [0, 0.05) is 19.3 Å². The van der Waals surface area contributed by atoms with Gasteiger partial charge in [0.05, 0.1) is 6.04 Å². The highest BCUT2D eigenvalue weighted by molar-refractivity contribution is 5.86. The summed E-state index contributed by atoms with van der Waals surface area (Å²) in [6.45, 7) is 14.3. The van der Waals surface area contributed by atoms with Gasteiger partial charge in [-0.3, -0.25) is 4.90 Å². The van der Waals surface area contributed by atoms with Crippen LogP contribution in [0.4, 0.5) is 15.4 Å². The number of ether oxygens (including phenoxy) is 2. The van der Waals surface area contributed by atoms with E-state index in [1.54, 1.807) is 16.0 Å². The Balaban J connectivity index is 2.17. The zero-order chi connectivity index (χ0) is 21.8. The number of hydrogen-bond acceptors (Lipinski definition) is 5. The zero-order valence-corrected chi connectivity index (χ0v) is 18.8. The Morgan fingerprint density at radius 3 is 2.31 bits per heavy atom. The molecular formula is C22H35N3O4. The van der Waals surface area contributed by atoms with Gasteiger partial charge in [-0.25, -0.2) is 14.6 Å². The lowest BCUT2D eigenvalue weighted by atomic mass is 10.1. The second kappa shape index (κ2) is 9.01. The van der Waals surface area contributed by atoms with Gasteiger partial charge in [0.2, 0.25) is 0 Å². The van der Waals surface area contributed by atoms with Crippen molar-refractivity contribution in [2.45, 2.75) is 85.0 Å². The van der Waals surface area contributed by atoms with Gasteiger partial charge in [-0.15, -0.1) is 0 Å². The maximum Gasteiger partial charge on any atom is 0.416 e. The number of carbonyl (C=O) groups is 2. The largest absolute Gasteiger partial charge is 0.444 e. The molecule has 1 aliphatic rings. The molecule has 1 aromatic heterocycles. The van der Waals surface area contributed by atoms with Gasteiger partial charge in [-0.1, -0.05) is 13.0 Å². The molecule has 1 saturated heterocycles. The molecule has 0 spiro atoms. The molecule has 162 valence electrons. The molecule has 0 bridgehead atoms. The van der Waals surface area contributed by atoms with Crippen molar-refractivity contribution in [3.05, 3.63) is 23.9 Å². The highest BCUT2D eigenvalue weighted by Gasteiger charge is 2.33. The number of hydrogen-bond donors (Lipinski definition) is 0. The molecule has 29 heavy (non-hydrogen) atoms. The van der Waals surface area contributed by atoms with Crippen LogP contribution in [0.15, 0.2) is 18.3 Å². The Morgan fingerprint density at radius 1 is 1.14 bits per heavy atom. The number of aromatic nitrogens is 1. The van der Waals surface area contributed by atoms with E-state index in [-0.39, 0.29) is 12.1 Å². The minimum Gasteiger partial charge on any atom is -0.444 e. The fourth-order valence-electron chi connectivity index (χ4n) is 3.25. The summed E-state index contributed by atoms with van der Waals surface area (Å²) in [5.41, 5.74) is -0.154. The summed E-state index contributed by atoms with van der Waals surface area (Å²) in [5, 5.41) is 0. The number of likely N-dealkylation sites (tertiary alicyclic amines) is 1. The smallest absolute Gasteiger partial charge is 0.416 e. The minimum absolute atomic E-state index is 0.0625. The van der Waals surface area contributed by atoms with E-state index in [1.165, 1.54) is 0 Å². The molecule has 1 aromatic rings. The second-order valence-electron chi connectivity index (χ2n) is 9.41. The van der Waals surface area contributed by atoms with Gasteiger partial charge in [-0.2, -0.15) is 0 Å².